The molecule has 1 saturated heterocycles. The van der Waals surface area contributed by atoms with E-state index in [0.29, 0.717) is 19.6 Å². The van der Waals surface area contributed by atoms with Crippen LogP contribution in [0.25, 0.3) is 0 Å². The number of methoxy groups -OCH3 is 1. The van der Waals surface area contributed by atoms with Crippen LogP contribution in [0.5, 0.6) is 0 Å². The molecular formula is C18H35N3O3. The Morgan fingerprint density at radius 2 is 1.92 bits per heavy atom. The topological polar surface area (TPSA) is 61.9 Å². The maximum absolute atomic E-state index is 12.3. The Kier molecular flexibility index (Phi) is 10.7. The van der Waals surface area contributed by atoms with Gasteiger partial charge in [0, 0.05) is 45.8 Å². The van der Waals surface area contributed by atoms with E-state index in [1.807, 2.05) is 16.8 Å². The molecule has 1 aliphatic rings. The number of carbonyl (C=O) groups is 2. The first-order valence-electron chi connectivity index (χ1n) is 9.31. The third-order valence-electron chi connectivity index (χ3n) is 4.59. The van der Waals surface area contributed by atoms with Crippen LogP contribution in [0.4, 0.5) is 0 Å². The minimum atomic E-state index is 0.0649. The predicted octanol–water partition coefficient (Wildman–Crippen LogP) is 1.50. The Hall–Kier alpha value is -1.14. The second kappa shape index (κ2) is 12.3. The first kappa shape index (κ1) is 20.9. The van der Waals surface area contributed by atoms with Crippen LogP contribution < -0.4 is 5.32 Å². The highest BCUT2D eigenvalue weighted by Crippen LogP contribution is 2.17. The van der Waals surface area contributed by atoms with Crippen molar-refractivity contribution in [3.8, 4) is 0 Å². The minimum absolute atomic E-state index is 0.0649. The predicted molar refractivity (Wildman–Crippen MR) is 95.8 cm³/mol. The number of amides is 2. The molecule has 0 aromatic rings. The zero-order chi connectivity index (χ0) is 17.8. The SMILES string of the molecule is CCCCCNC(=O)C1CCN(C(=O)CN(C)CCCOC)CC1. The van der Waals surface area contributed by atoms with Gasteiger partial charge in [0.2, 0.25) is 11.8 Å². The van der Waals surface area contributed by atoms with E-state index in [2.05, 4.69) is 12.2 Å². The van der Waals surface area contributed by atoms with Crippen LogP contribution in [0.1, 0.15) is 45.4 Å². The number of hydrogen-bond acceptors (Lipinski definition) is 4. The van der Waals surface area contributed by atoms with Gasteiger partial charge in [0.1, 0.15) is 0 Å². The lowest BCUT2D eigenvalue weighted by Gasteiger charge is -2.32. The fraction of sp³-hybridized carbons (Fsp3) is 0.889. The van der Waals surface area contributed by atoms with E-state index in [1.54, 1.807) is 7.11 Å². The molecule has 24 heavy (non-hydrogen) atoms. The molecule has 0 aromatic heterocycles. The summed E-state index contributed by atoms with van der Waals surface area (Å²) < 4.78 is 5.03. The van der Waals surface area contributed by atoms with Crippen molar-refractivity contribution in [1.82, 2.24) is 15.1 Å². The molecule has 0 radical (unpaired) electrons. The number of ether oxygens (including phenoxy) is 1. The quantitative estimate of drug-likeness (QED) is 0.579. The van der Waals surface area contributed by atoms with Gasteiger partial charge in [-0.3, -0.25) is 14.5 Å². The van der Waals surface area contributed by atoms with Crippen LogP contribution in [0, 0.1) is 5.92 Å². The number of hydrogen-bond donors (Lipinski definition) is 1. The molecule has 0 unspecified atom stereocenters. The lowest BCUT2D eigenvalue weighted by Crippen LogP contribution is -2.46. The molecule has 2 amide bonds. The molecule has 0 aromatic carbocycles. The van der Waals surface area contributed by atoms with Gasteiger partial charge in [0.25, 0.3) is 0 Å². The minimum Gasteiger partial charge on any atom is -0.385 e. The van der Waals surface area contributed by atoms with Crippen molar-refractivity contribution in [3.63, 3.8) is 0 Å². The average molecular weight is 341 g/mol. The van der Waals surface area contributed by atoms with Gasteiger partial charge < -0.3 is 15.0 Å². The van der Waals surface area contributed by atoms with Crippen LogP contribution in [-0.2, 0) is 14.3 Å². The number of piperidine rings is 1. The van der Waals surface area contributed by atoms with Gasteiger partial charge >= 0.3 is 0 Å². The van der Waals surface area contributed by atoms with Crippen LogP contribution in [0.3, 0.4) is 0 Å². The van der Waals surface area contributed by atoms with E-state index in [4.69, 9.17) is 4.74 Å². The highest BCUT2D eigenvalue weighted by molar-refractivity contribution is 5.80. The normalized spacial score (nSPS) is 15.8. The average Bonchev–Trinajstić information content (AvgIpc) is 2.59. The number of nitrogens with one attached hydrogen (secondary N) is 1. The molecule has 0 aliphatic carbocycles. The molecule has 0 saturated carbocycles. The van der Waals surface area contributed by atoms with E-state index in [9.17, 15) is 9.59 Å². The molecule has 0 bridgehead atoms. The highest BCUT2D eigenvalue weighted by atomic mass is 16.5. The standard InChI is InChI=1S/C18H35N3O3/c1-4-5-6-10-19-18(23)16-8-12-21(13-9-16)17(22)15-20(2)11-7-14-24-3/h16H,4-15H2,1-3H3,(H,19,23). The zero-order valence-corrected chi connectivity index (χ0v) is 15.7. The van der Waals surface area contributed by atoms with Crippen molar-refractivity contribution in [2.45, 2.75) is 45.4 Å². The smallest absolute Gasteiger partial charge is 0.236 e. The lowest BCUT2D eigenvalue weighted by atomic mass is 9.95. The molecular weight excluding hydrogens is 306 g/mol. The zero-order valence-electron chi connectivity index (χ0n) is 15.7. The van der Waals surface area contributed by atoms with E-state index >= 15 is 0 Å². The van der Waals surface area contributed by atoms with Gasteiger partial charge in [-0.25, -0.2) is 0 Å². The maximum Gasteiger partial charge on any atom is 0.236 e. The maximum atomic E-state index is 12.3. The molecule has 1 aliphatic heterocycles. The third kappa shape index (κ3) is 8.11. The summed E-state index contributed by atoms with van der Waals surface area (Å²) in [4.78, 5) is 28.4. The van der Waals surface area contributed by atoms with Crippen molar-refractivity contribution in [3.05, 3.63) is 0 Å². The van der Waals surface area contributed by atoms with Gasteiger partial charge in [0.15, 0.2) is 0 Å². The molecule has 6 nitrogen and oxygen atoms in total. The Labute approximate surface area is 146 Å². The van der Waals surface area contributed by atoms with Crippen LogP contribution >= 0.6 is 0 Å². The number of likely N-dealkylation sites (N-methyl/N-ethyl adjacent to an activating group) is 1. The summed E-state index contributed by atoms with van der Waals surface area (Å²) in [7, 11) is 3.65. The first-order valence-corrected chi connectivity index (χ1v) is 9.31. The van der Waals surface area contributed by atoms with Crippen molar-refractivity contribution in [2.75, 3.05) is 53.5 Å². The summed E-state index contributed by atoms with van der Waals surface area (Å²) in [5, 5.41) is 3.03. The molecule has 1 rings (SSSR count). The number of nitrogens with zero attached hydrogens (tertiary/aromatic N) is 2. The number of unbranched alkanes of at least 4 members (excludes halogenated alkanes) is 2. The monoisotopic (exact) mass is 341 g/mol. The summed E-state index contributed by atoms with van der Waals surface area (Å²) in [6, 6.07) is 0. The van der Waals surface area contributed by atoms with E-state index in [1.165, 1.54) is 0 Å². The largest absolute Gasteiger partial charge is 0.385 e. The molecule has 0 atom stereocenters. The first-order chi connectivity index (χ1) is 11.6. The fourth-order valence-corrected chi connectivity index (χ4v) is 3.01. The summed E-state index contributed by atoms with van der Waals surface area (Å²) in [6.07, 6.45) is 5.86. The summed E-state index contributed by atoms with van der Waals surface area (Å²) in [5.41, 5.74) is 0. The molecule has 1 heterocycles. The van der Waals surface area contributed by atoms with Gasteiger partial charge in [-0.05, 0) is 32.7 Å². The van der Waals surface area contributed by atoms with Crippen molar-refractivity contribution < 1.29 is 14.3 Å². The van der Waals surface area contributed by atoms with Gasteiger partial charge in [0.05, 0.1) is 6.54 Å². The van der Waals surface area contributed by atoms with E-state index in [-0.39, 0.29) is 17.7 Å². The summed E-state index contributed by atoms with van der Waals surface area (Å²) in [5.74, 6) is 0.390. The third-order valence-corrected chi connectivity index (χ3v) is 4.59. The van der Waals surface area contributed by atoms with Crippen molar-refractivity contribution in [1.29, 1.82) is 0 Å². The van der Waals surface area contributed by atoms with Crippen molar-refractivity contribution >= 4 is 11.8 Å². The second-order valence-corrected chi connectivity index (χ2v) is 6.74. The number of rotatable bonds is 11. The Bertz CT molecular complexity index is 369. The summed E-state index contributed by atoms with van der Waals surface area (Å²) in [6.45, 7) is 6.34. The van der Waals surface area contributed by atoms with Gasteiger partial charge in [-0.2, -0.15) is 0 Å². The molecule has 1 N–H and O–H groups in total. The summed E-state index contributed by atoms with van der Waals surface area (Å²) >= 11 is 0. The van der Waals surface area contributed by atoms with E-state index < -0.39 is 0 Å². The van der Waals surface area contributed by atoms with E-state index in [0.717, 1.165) is 58.2 Å². The molecule has 140 valence electrons. The van der Waals surface area contributed by atoms with Crippen LogP contribution in [0.2, 0.25) is 0 Å². The highest BCUT2D eigenvalue weighted by Gasteiger charge is 2.27. The Morgan fingerprint density at radius 1 is 1.21 bits per heavy atom. The lowest BCUT2D eigenvalue weighted by molar-refractivity contribution is -0.136. The van der Waals surface area contributed by atoms with Gasteiger partial charge in [-0.15, -0.1) is 0 Å². The molecule has 0 spiro atoms. The Morgan fingerprint density at radius 3 is 2.54 bits per heavy atom. The fourth-order valence-electron chi connectivity index (χ4n) is 3.01. The molecule has 6 heteroatoms. The van der Waals surface area contributed by atoms with Crippen LogP contribution in [-0.4, -0.2) is 75.1 Å². The number of likely N-dealkylation sites (tertiary alicyclic amines) is 1. The number of carbonyl (C=O) groups excluding carboxylic acids is 2. The van der Waals surface area contributed by atoms with Crippen molar-refractivity contribution in [2.24, 2.45) is 5.92 Å². The molecule has 1 fully saturated rings. The van der Waals surface area contributed by atoms with Gasteiger partial charge in [-0.1, -0.05) is 19.8 Å². The van der Waals surface area contributed by atoms with Crippen LogP contribution in [0.15, 0.2) is 0 Å². The Balaban J connectivity index is 2.21. The second-order valence-electron chi connectivity index (χ2n) is 6.74.